The van der Waals surface area contributed by atoms with Gasteiger partial charge in [-0.2, -0.15) is 0 Å². The van der Waals surface area contributed by atoms with Crippen LogP contribution < -0.4 is 0 Å². The van der Waals surface area contributed by atoms with Crippen molar-refractivity contribution in [3.63, 3.8) is 0 Å². The van der Waals surface area contributed by atoms with Crippen molar-refractivity contribution in [2.45, 2.75) is 6.67 Å². The zero-order chi connectivity index (χ0) is 21.7. The fourth-order valence-corrected chi connectivity index (χ4v) is 3.27. The number of halogens is 2. The van der Waals surface area contributed by atoms with Gasteiger partial charge in [0, 0.05) is 20.4 Å². The van der Waals surface area contributed by atoms with Gasteiger partial charge in [-0.05, 0) is 38.4 Å². The fourth-order valence-electron chi connectivity index (χ4n) is 2.72. The molecule has 1 amide bonds. The highest BCUT2D eigenvalue weighted by atomic mass is 79.9. The first kappa shape index (κ1) is 21.9. The normalized spacial score (nSPS) is 11.9. The number of oxime groups is 1. The van der Waals surface area contributed by atoms with Gasteiger partial charge >= 0.3 is 5.91 Å². The Morgan fingerprint density at radius 1 is 1.30 bits per heavy atom. The number of rotatable bonds is 7. The number of nitrogens with zero attached hydrogens (tertiary/aromatic N) is 5. The topological polar surface area (TPSA) is 91.8 Å². The average molecular weight is 493 g/mol. The lowest BCUT2D eigenvalue weighted by molar-refractivity contribution is -0.122. The minimum atomic E-state index is -0.644. The van der Waals surface area contributed by atoms with E-state index in [1.807, 2.05) is 43.3 Å². The van der Waals surface area contributed by atoms with Crippen molar-refractivity contribution < 1.29 is 14.7 Å². The van der Waals surface area contributed by atoms with Gasteiger partial charge in [0.15, 0.2) is 12.3 Å². The number of carbonyl (C=O) groups is 1. The summed E-state index contributed by atoms with van der Waals surface area (Å²) >= 11 is 9.42. The summed E-state index contributed by atoms with van der Waals surface area (Å²) in [6.07, 6.45) is 1.41. The van der Waals surface area contributed by atoms with Crippen LogP contribution in [0.1, 0.15) is 5.56 Å². The van der Waals surface area contributed by atoms with E-state index in [1.165, 1.54) is 6.21 Å². The van der Waals surface area contributed by atoms with Crippen LogP contribution in [-0.4, -0.2) is 47.4 Å². The van der Waals surface area contributed by atoms with E-state index in [-0.39, 0.29) is 11.6 Å². The Morgan fingerprint density at radius 3 is 2.80 bits per heavy atom. The summed E-state index contributed by atoms with van der Waals surface area (Å²) in [5, 5.41) is 23.1. The molecule has 30 heavy (non-hydrogen) atoms. The van der Waals surface area contributed by atoms with Crippen LogP contribution in [0.2, 0.25) is 5.02 Å². The number of carbonyl (C=O) groups excluding carboxylic acids is 1. The highest BCUT2D eigenvalue weighted by molar-refractivity contribution is 9.10. The summed E-state index contributed by atoms with van der Waals surface area (Å²) in [6, 6.07) is 12.6. The number of aromatic nitrogens is 1. The average Bonchev–Trinajstić information content (AvgIpc) is 2.95. The van der Waals surface area contributed by atoms with Crippen LogP contribution in [0, 0.1) is 0 Å². The quantitative estimate of drug-likeness (QED) is 0.287. The Balaban J connectivity index is 1.73. The smallest absolute Gasteiger partial charge is 0.304 e. The predicted octanol–water partition coefficient (Wildman–Crippen LogP) is 4.94. The molecule has 0 fully saturated rings. The van der Waals surface area contributed by atoms with Gasteiger partial charge in [-0.1, -0.05) is 50.9 Å². The fraction of sp³-hybridized carbons (Fsp3) is 0.200. The molecule has 0 saturated carbocycles. The minimum absolute atomic E-state index is 0.0778. The molecular weight excluding hydrogens is 474 g/mol. The molecule has 0 unspecified atom stereocenters. The first-order chi connectivity index (χ1) is 14.4. The van der Waals surface area contributed by atoms with Gasteiger partial charge < -0.3 is 9.94 Å². The SMILES string of the molecule is CN(C)Cn1c(O)c(N=NC(=O)CO/N=C/c2ccccc2Cl)c2cc(Br)ccc21. The van der Waals surface area contributed by atoms with Gasteiger partial charge in [-0.25, -0.2) is 0 Å². The predicted molar refractivity (Wildman–Crippen MR) is 120 cm³/mol. The molecule has 0 atom stereocenters. The lowest BCUT2D eigenvalue weighted by Crippen LogP contribution is -2.16. The van der Waals surface area contributed by atoms with Crippen molar-refractivity contribution in [3.05, 3.63) is 57.5 Å². The standard InChI is InChI=1S/C20H19BrClN5O3/c1-26(2)12-27-17-8-7-14(21)9-15(17)19(20(27)29)25-24-18(28)11-30-23-10-13-5-3-4-6-16(13)22/h3-10,29H,11-12H2,1-2H3/b23-10+,25-24?. The largest absolute Gasteiger partial charge is 0.493 e. The Bertz CT molecular complexity index is 1130. The van der Waals surface area contributed by atoms with Crippen molar-refractivity contribution in [1.29, 1.82) is 0 Å². The van der Waals surface area contributed by atoms with Crippen molar-refractivity contribution in [1.82, 2.24) is 9.47 Å². The lowest BCUT2D eigenvalue weighted by atomic mass is 10.2. The summed E-state index contributed by atoms with van der Waals surface area (Å²) in [4.78, 5) is 18.9. The van der Waals surface area contributed by atoms with Gasteiger partial charge in [-0.3, -0.25) is 14.3 Å². The monoisotopic (exact) mass is 491 g/mol. The Labute approximate surface area is 186 Å². The van der Waals surface area contributed by atoms with Crippen LogP contribution in [0.3, 0.4) is 0 Å². The van der Waals surface area contributed by atoms with Crippen molar-refractivity contribution in [2.24, 2.45) is 15.4 Å². The molecule has 0 bridgehead atoms. The third-order valence-corrected chi connectivity index (χ3v) is 4.85. The maximum absolute atomic E-state index is 12.0. The molecule has 10 heteroatoms. The van der Waals surface area contributed by atoms with Crippen LogP contribution in [0.15, 0.2) is 62.3 Å². The maximum atomic E-state index is 12.0. The molecule has 0 aliphatic rings. The summed E-state index contributed by atoms with van der Waals surface area (Å²) < 4.78 is 2.50. The molecule has 0 aliphatic carbocycles. The van der Waals surface area contributed by atoms with E-state index in [2.05, 4.69) is 31.3 Å². The number of aromatic hydroxyl groups is 1. The molecule has 0 radical (unpaired) electrons. The number of hydrogen-bond donors (Lipinski definition) is 1. The second-order valence-corrected chi connectivity index (χ2v) is 7.93. The molecule has 1 heterocycles. The van der Waals surface area contributed by atoms with Crippen LogP contribution in [0.4, 0.5) is 5.69 Å². The van der Waals surface area contributed by atoms with E-state index in [4.69, 9.17) is 16.4 Å². The molecule has 1 N–H and O–H groups in total. The summed E-state index contributed by atoms with van der Waals surface area (Å²) in [6.45, 7) is 0.0402. The zero-order valence-corrected chi connectivity index (χ0v) is 18.6. The summed E-state index contributed by atoms with van der Waals surface area (Å²) in [5.74, 6) is -0.722. The first-order valence-corrected chi connectivity index (χ1v) is 10.0. The molecule has 156 valence electrons. The maximum Gasteiger partial charge on any atom is 0.304 e. The Morgan fingerprint density at radius 2 is 2.07 bits per heavy atom. The van der Waals surface area contributed by atoms with Gasteiger partial charge in [0.25, 0.3) is 0 Å². The highest BCUT2D eigenvalue weighted by Crippen LogP contribution is 2.40. The number of fused-ring (bicyclic) bond motifs is 1. The van der Waals surface area contributed by atoms with E-state index >= 15 is 0 Å². The molecular formula is C20H19BrClN5O3. The van der Waals surface area contributed by atoms with Crippen LogP contribution >= 0.6 is 27.5 Å². The number of benzene rings is 2. The number of hydrogen-bond acceptors (Lipinski definition) is 6. The third-order valence-electron chi connectivity index (χ3n) is 4.02. The molecule has 0 spiro atoms. The zero-order valence-electron chi connectivity index (χ0n) is 16.3. The second-order valence-electron chi connectivity index (χ2n) is 6.61. The third kappa shape index (κ3) is 5.24. The van der Waals surface area contributed by atoms with Crippen LogP contribution in [0.25, 0.3) is 10.9 Å². The molecule has 8 nitrogen and oxygen atoms in total. The molecule has 0 aliphatic heterocycles. The van der Waals surface area contributed by atoms with Crippen LogP contribution in [-0.2, 0) is 16.3 Å². The molecule has 0 saturated heterocycles. The highest BCUT2D eigenvalue weighted by Gasteiger charge is 2.17. The van der Waals surface area contributed by atoms with E-state index in [0.717, 1.165) is 9.99 Å². The second kappa shape index (κ2) is 9.84. The Hall–Kier alpha value is -2.75. The van der Waals surface area contributed by atoms with Crippen molar-refractivity contribution in [2.75, 3.05) is 20.7 Å². The van der Waals surface area contributed by atoms with Gasteiger partial charge in [-0.15, -0.1) is 10.2 Å². The van der Waals surface area contributed by atoms with Crippen molar-refractivity contribution in [3.8, 4) is 5.88 Å². The van der Waals surface area contributed by atoms with Gasteiger partial charge in [0.05, 0.1) is 18.4 Å². The van der Waals surface area contributed by atoms with E-state index in [9.17, 15) is 9.90 Å². The van der Waals surface area contributed by atoms with Crippen LogP contribution in [0.5, 0.6) is 5.88 Å². The van der Waals surface area contributed by atoms with Crippen molar-refractivity contribution >= 4 is 56.2 Å². The van der Waals surface area contributed by atoms with E-state index in [1.54, 1.807) is 22.8 Å². The van der Waals surface area contributed by atoms with Gasteiger partial charge in [0.1, 0.15) is 0 Å². The minimum Gasteiger partial charge on any atom is -0.493 e. The molecule has 3 aromatic rings. The summed E-state index contributed by atoms with van der Waals surface area (Å²) in [7, 11) is 3.77. The Kier molecular flexibility index (Phi) is 7.20. The molecule has 2 aromatic carbocycles. The number of amides is 1. The van der Waals surface area contributed by atoms with Gasteiger partial charge in [0.2, 0.25) is 5.88 Å². The molecule has 1 aromatic heterocycles. The molecule has 3 rings (SSSR count). The van der Waals surface area contributed by atoms with E-state index < -0.39 is 12.5 Å². The van der Waals surface area contributed by atoms with E-state index in [0.29, 0.717) is 22.6 Å². The number of azo groups is 1. The summed E-state index contributed by atoms with van der Waals surface area (Å²) in [5.41, 5.74) is 1.64. The first-order valence-electron chi connectivity index (χ1n) is 8.86. The lowest BCUT2D eigenvalue weighted by Gasteiger charge is -2.13.